The average molecular weight is 312 g/mol. The fraction of sp³-hybridized carbons (Fsp3) is 0.385. The number of carbonyl (C=O) groups excluding carboxylic acids is 2. The Hall–Kier alpha value is -1.36. The van der Waals surface area contributed by atoms with Crippen molar-refractivity contribution in [2.75, 3.05) is 23.9 Å². The SMILES string of the molecule is COc1ccc2c(c1)N(CC(C)CBr)C(=O)C2=O. The van der Waals surface area contributed by atoms with Crippen LogP contribution in [0.15, 0.2) is 18.2 Å². The summed E-state index contributed by atoms with van der Waals surface area (Å²) < 4.78 is 5.13. The molecule has 1 unspecified atom stereocenters. The van der Waals surface area contributed by atoms with Crippen LogP contribution < -0.4 is 9.64 Å². The number of benzene rings is 1. The minimum absolute atomic E-state index is 0.277. The molecule has 0 aliphatic carbocycles. The number of hydrogen-bond acceptors (Lipinski definition) is 3. The van der Waals surface area contributed by atoms with Gasteiger partial charge in [0, 0.05) is 17.9 Å². The number of nitrogens with zero attached hydrogens (tertiary/aromatic N) is 1. The molecule has 0 saturated carbocycles. The number of ketones is 1. The smallest absolute Gasteiger partial charge is 0.299 e. The van der Waals surface area contributed by atoms with E-state index in [0.717, 1.165) is 5.33 Å². The predicted molar refractivity (Wildman–Crippen MR) is 72.6 cm³/mol. The van der Waals surface area contributed by atoms with Gasteiger partial charge in [0.1, 0.15) is 5.75 Å². The van der Waals surface area contributed by atoms with Crippen LogP contribution in [0.1, 0.15) is 17.3 Å². The number of hydrogen-bond donors (Lipinski definition) is 0. The summed E-state index contributed by atoms with van der Waals surface area (Å²) in [5.41, 5.74) is 1.11. The van der Waals surface area contributed by atoms with E-state index < -0.39 is 11.7 Å². The van der Waals surface area contributed by atoms with Crippen LogP contribution in [0.3, 0.4) is 0 Å². The Morgan fingerprint density at radius 3 is 2.72 bits per heavy atom. The first-order chi connectivity index (χ1) is 8.58. The Labute approximate surface area is 114 Å². The lowest BCUT2D eigenvalue weighted by Gasteiger charge is -2.20. The summed E-state index contributed by atoms with van der Waals surface area (Å²) in [4.78, 5) is 25.3. The van der Waals surface area contributed by atoms with E-state index in [0.29, 0.717) is 23.5 Å². The van der Waals surface area contributed by atoms with Gasteiger partial charge < -0.3 is 9.64 Å². The highest BCUT2D eigenvalue weighted by atomic mass is 79.9. The van der Waals surface area contributed by atoms with Gasteiger partial charge in [-0.1, -0.05) is 22.9 Å². The summed E-state index contributed by atoms with van der Waals surface area (Å²) in [5, 5.41) is 0.782. The zero-order chi connectivity index (χ0) is 13.3. The highest BCUT2D eigenvalue weighted by Gasteiger charge is 2.36. The van der Waals surface area contributed by atoms with Crippen LogP contribution >= 0.6 is 15.9 Å². The molecule has 5 heteroatoms. The molecule has 0 fully saturated rings. The van der Waals surface area contributed by atoms with Gasteiger partial charge in [-0.15, -0.1) is 0 Å². The van der Waals surface area contributed by atoms with Crippen LogP contribution in [-0.4, -0.2) is 30.7 Å². The maximum Gasteiger partial charge on any atom is 0.299 e. The number of alkyl halides is 1. The van der Waals surface area contributed by atoms with Gasteiger partial charge in [-0.05, 0) is 18.1 Å². The first kappa shape index (κ1) is 13.1. The first-order valence-corrected chi connectivity index (χ1v) is 6.80. The Balaban J connectivity index is 2.39. The molecule has 1 amide bonds. The van der Waals surface area contributed by atoms with Gasteiger partial charge in [0.15, 0.2) is 0 Å². The number of halogens is 1. The number of anilines is 1. The number of fused-ring (bicyclic) bond motifs is 1. The summed E-state index contributed by atoms with van der Waals surface area (Å²) in [6, 6.07) is 5.08. The van der Waals surface area contributed by atoms with Crippen LogP contribution in [0.5, 0.6) is 5.75 Å². The van der Waals surface area contributed by atoms with Crippen LogP contribution in [0.25, 0.3) is 0 Å². The third-order valence-corrected chi connectivity index (χ3v) is 4.04. The first-order valence-electron chi connectivity index (χ1n) is 5.68. The zero-order valence-corrected chi connectivity index (χ0v) is 11.9. The van der Waals surface area contributed by atoms with Gasteiger partial charge in [0.25, 0.3) is 11.7 Å². The molecule has 0 N–H and O–H groups in total. The second-order valence-electron chi connectivity index (χ2n) is 4.39. The standard InChI is InChI=1S/C13H14BrNO3/c1-8(6-14)7-15-11-5-9(18-2)3-4-10(11)12(16)13(15)17/h3-5,8H,6-7H2,1-2H3. The van der Waals surface area contributed by atoms with Crippen molar-refractivity contribution in [1.29, 1.82) is 0 Å². The van der Waals surface area contributed by atoms with Crippen LogP contribution in [0.2, 0.25) is 0 Å². The Kier molecular flexibility index (Phi) is 3.71. The van der Waals surface area contributed by atoms with Gasteiger partial charge in [-0.2, -0.15) is 0 Å². The van der Waals surface area contributed by atoms with E-state index in [4.69, 9.17) is 4.74 Å². The van der Waals surface area contributed by atoms with Crippen molar-refractivity contribution >= 4 is 33.3 Å². The molecule has 1 aliphatic heterocycles. The summed E-state index contributed by atoms with van der Waals surface area (Å²) in [6.45, 7) is 2.54. The molecule has 1 heterocycles. The van der Waals surface area contributed by atoms with Gasteiger partial charge in [0.2, 0.25) is 0 Å². The van der Waals surface area contributed by atoms with E-state index in [2.05, 4.69) is 15.9 Å². The van der Waals surface area contributed by atoms with Crippen LogP contribution in [0, 0.1) is 5.92 Å². The Morgan fingerprint density at radius 1 is 1.39 bits per heavy atom. The molecule has 0 saturated heterocycles. The normalized spacial score (nSPS) is 15.8. The molecule has 4 nitrogen and oxygen atoms in total. The largest absolute Gasteiger partial charge is 0.497 e. The maximum atomic E-state index is 11.9. The van der Waals surface area contributed by atoms with Crippen LogP contribution in [0.4, 0.5) is 5.69 Å². The number of methoxy groups -OCH3 is 1. The molecule has 0 spiro atoms. The van der Waals surface area contributed by atoms with Gasteiger partial charge in [-0.3, -0.25) is 9.59 Å². The van der Waals surface area contributed by atoms with Crippen LogP contribution in [-0.2, 0) is 4.79 Å². The van der Waals surface area contributed by atoms with E-state index in [1.165, 1.54) is 4.90 Å². The topological polar surface area (TPSA) is 46.6 Å². The molecule has 18 heavy (non-hydrogen) atoms. The minimum Gasteiger partial charge on any atom is -0.497 e. The lowest BCUT2D eigenvalue weighted by molar-refractivity contribution is -0.114. The maximum absolute atomic E-state index is 11.9. The van der Waals surface area contributed by atoms with Crippen molar-refractivity contribution in [1.82, 2.24) is 0 Å². The van der Waals surface area contributed by atoms with Crippen molar-refractivity contribution < 1.29 is 14.3 Å². The van der Waals surface area contributed by atoms with Gasteiger partial charge >= 0.3 is 0 Å². The van der Waals surface area contributed by atoms with E-state index in [9.17, 15) is 9.59 Å². The van der Waals surface area contributed by atoms with E-state index >= 15 is 0 Å². The van der Waals surface area contributed by atoms with Crippen molar-refractivity contribution in [2.24, 2.45) is 5.92 Å². The van der Waals surface area contributed by atoms with Crippen molar-refractivity contribution in [3.63, 3.8) is 0 Å². The summed E-state index contributed by atoms with van der Waals surface area (Å²) >= 11 is 3.38. The number of carbonyl (C=O) groups is 2. The van der Waals surface area contributed by atoms with E-state index in [1.807, 2.05) is 6.92 Å². The fourth-order valence-corrected chi connectivity index (χ4v) is 2.15. The molecular formula is C13H14BrNO3. The second kappa shape index (κ2) is 5.10. The van der Waals surface area contributed by atoms with Gasteiger partial charge in [0.05, 0.1) is 18.4 Å². The number of ether oxygens (including phenoxy) is 1. The predicted octanol–water partition coefficient (Wildman–Crippen LogP) is 2.26. The lowest BCUT2D eigenvalue weighted by atomic mass is 10.1. The molecule has 1 aliphatic rings. The number of amides is 1. The number of Topliss-reactive ketones (excluding diaryl/α,β-unsaturated/α-hetero) is 1. The third kappa shape index (κ3) is 2.14. The monoisotopic (exact) mass is 311 g/mol. The molecule has 1 aromatic rings. The highest BCUT2D eigenvalue weighted by Crippen LogP contribution is 2.33. The molecule has 0 aromatic heterocycles. The van der Waals surface area contributed by atoms with Crippen molar-refractivity contribution in [2.45, 2.75) is 6.92 Å². The Bertz CT molecular complexity index is 501. The van der Waals surface area contributed by atoms with Crippen molar-refractivity contribution in [3.8, 4) is 5.75 Å². The molecule has 96 valence electrons. The van der Waals surface area contributed by atoms with E-state index in [-0.39, 0.29) is 5.92 Å². The molecule has 0 bridgehead atoms. The van der Waals surface area contributed by atoms with Gasteiger partial charge in [-0.25, -0.2) is 0 Å². The quantitative estimate of drug-likeness (QED) is 0.633. The summed E-state index contributed by atoms with van der Waals surface area (Å²) in [6.07, 6.45) is 0. The summed E-state index contributed by atoms with van der Waals surface area (Å²) in [5.74, 6) is 0.0344. The number of rotatable bonds is 4. The van der Waals surface area contributed by atoms with E-state index in [1.54, 1.807) is 25.3 Å². The fourth-order valence-electron chi connectivity index (χ4n) is 1.94. The zero-order valence-electron chi connectivity index (χ0n) is 10.3. The molecule has 1 aromatic carbocycles. The third-order valence-electron chi connectivity index (χ3n) is 2.94. The molecule has 0 radical (unpaired) electrons. The Morgan fingerprint density at radius 2 is 2.11 bits per heavy atom. The lowest BCUT2D eigenvalue weighted by Crippen LogP contribution is -2.34. The second-order valence-corrected chi connectivity index (χ2v) is 5.03. The molecule has 1 atom stereocenters. The van der Waals surface area contributed by atoms with Crippen molar-refractivity contribution in [3.05, 3.63) is 23.8 Å². The molecular weight excluding hydrogens is 298 g/mol. The highest BCUT2D eigenvalue weighted by molar-refractivity contribution is 9.09. The minimum atomic E-state index is -0.453. The molecule has 2 rings (SSSR count). The summed E-state index contributed by atoms with van der Waals surface area (Å²) in [7, 11) is 1.56. The average Bonchev–Trinajstić information content (AvgIpc) is 2.63.